The Labute approximate surface area is 126 Å². The fraction of sp³-hybridized carbons (Fsp3) is 0.833. The maximum atomic E-state index is 8.07. The van der Waals surface area contributed by atoms with E-state index < -0.39 is 0 Å². The van der Waals surface area contributed by atoms with Crippen LogP contribution in [0.4, 0.5) is 0 Å². The molecule has 0 heterocycles. The Bertz CT molecular complexity index is 54.5. The Kier molecular flexibility index (Phi) is 97.9. The molecule has 0 aromatic heterocycles. The van der Waals surface area contributed by atoms with Crippen LogP contribution in [0.25, 0.3) is 0 Å². The van der Waals surface area contributed by atoms with E-state index in [1.807, 2.05) is 0 Å². The summed E-state index contributed by atoms with van der Waals surface area (Å²) < 4.78 is 0. The Hall–Kier alpha value is 0.723. The van der Waals surface area contributed by atoms with Gasteiger partial charge in [-0.1, -0.05) is 26.7 Å². The molecule has 0 aromatic carbocycles. The first-order chi connectivity index (χ1) is 7.66. The first kappa shape index (κ1) is 30.6. The average Bonchev–Trinajstić information content (AvgIpc) is 2.23. The van der Waals surface area contributed by atoms with Gasteiger partial charge in [-0.05, 0) is 12.8 Å². The smallest absolute Gasteiger partial charge is 0.566 e. The molecule has 0 bridgehead atoms. The van der Waals surface area contributed by atoms with Gasteiger partial charge in [0.25, 0.3) is 0 Å². The summed E-state index contributed by atoms with van der Waals surface area (Å²) in [6, 6.07) is 0. The van der Waals surface area contributed by atoms with Crippen molar-refractivity contribution in [2.75, 3.05) is 13.2 Å². The van der Waals surface area contributed by atoms with Gasteiger partial charge in [-0.2, -0.15) is 13.8 Å². The summed E-state index contributed by atoms with van der Waals surface area (Å²) in [7, 11) is 0. The van der Waals surface area contributed by atoms with Gasteiger partial charge in [0.15, 0.2) is 0 Å². The van der Waals surface area contributed by atoms with E-state index in [0.717, 1.165) is 38.9 Å². The molecule has 106 valence electrons. The van der Waals surface area contributed by atoms with Crippen molar-refractivity contribution in [3.05, 3.63) is 13.2 Å². The first-order valence-electron chi connectivity index (χ1n) is 5.72. The largest absolute Gasteiger partial charge is 2.00 e. The van der Waals surface area contributed by atoms with Crippen LogP contribution >= 0.6 is 0 Å². The van der Waals surface area contributed by atoms with Crippen molar-refractivity contribution >= 4 is 0 Å². The molecule has 0 unspecified atom stereocenters. The van der Waals surface area contributed by atoms with Crippen molar-refractivity contribution in [1.82, 2.24) is 0 Å². The van der Waals surface area contributed by atoms with Crippen LogP contribution in [0.3, 0.4) is 0 Å². The molecule has 0 rings (SSSR count). The number of aliphatic hydroxyl groups is 4. The van der Waals surface area contributed by atoms with Crippen LogP contribution in [0.1, 0.15) is 53.4 Å². The summed E-state index contributed by atoms with van der Waals surface area (Å²) in [6.07, 6.45) is 4.08. The van der Waals surface area contributed by atoms with Crippen molar-refractivity contribution < 1.29 is 46.6 Å². The molecule has 0 radical (unpaired) electrons. The van der Waals surface area contributed by atoms with E-state index in [2.05, 4.69) is 13.8 Å². The van der Waals surface area contributed by atoms with Crippen molar-refractivity contribution in [3.8, 4) is 0 Å². The molecule has 0 atom stereocenters. The monoisotopic (exact) mass is 328 g/mol. The van der Waals surface area contributed by atoms with Gasteiger partial charge in [0, 0.05) is 13.2 Å². The predicted molar refractivity (Wildman–Crippen MR) is 67.8 cm³/mol. The minimum atomic E-state index is 0. The van der Waals surface area contributed by atoms with Crippen LogP contribution < -0.4 is 0 Å². The normalized spacial score (nSPS) is 7.06. The maximum absolute atomic E-state index is 8.07. The van der Waals surface area contributed by atoms with Crippen LogP contribution in [-0.4, -0.2) is 33.6 Å². The van der Waals surface area contributed by atoms with Crippen molar-refractivity contribution in [2.24, 2.45) is 0 Å². The average molecular weight is 330 g/mol. The topological polar surface area (TPSA) is 80.9 Å². The number of rotatable bonds is 4. The molecule has 4 N–H and O–H groups in total. The standard InChI is InChI=1S/2C4H10O.2C2H5O.Zr/c2*1-2-3-4-5;2*1-2-3;/h2*5H,2-4H2,1H3;2*2-3H,1H3;/q;;2*-1;+2. The van der Waals surface area contributed by atoms with Crippen LogP contribution in [0.2, 0.25) is 0 Å². The molecule has 5 heteroatoms. The SMILES string of the molecule is CCCCO.CCCCO.C[CH-]O.C[CH-]O.[Zr+2]. The van der Waals surface area contributed by atoms with Gasteiger partial charge >= 0.3 is 26.2 Å². The van der Waals surface area contributed by atoms with Crippen LogP contribution in [0.15, 0.2) is 0 Å². The van der Waals surface area contributed by atoms with Gasteiger partial charge in [-0.15, -0.1) is 0 Å². The molecule has 0 saturated heterocycles. The second-order valence-electron chi connectivity index (χ2n) is 2.67. The third kappa shape index (κ3) is 163. The van der Waals surface area contributed by atoms with Gasteiger partial charge in [0.1, 0.15) is 0 Å². The van der Waals surface area contributed by atoms with Crippen LogP contribution in [-0.2, 0) is 26.2 Å². The third-order valence-electron chi connectivity index (χ3n) is 1.02. The minimum absolute atomic E-state index is 0. The molecule has 0 fully saturated rings. The second kappa shape index (κ2) is 54.3. The maximum Gasteiger partial charge on any atom is 2.00 e. The van der Waals surface area contributed by atoms with Crippen LogP contribution in [0, 0.1) is 13.2 Å². The Morgan fingerprint density at radius 3 is 0.941 bits per heavy atom. The third-order valence-corrected chi connectivity index (χ3v) is 1.02. The molecule has 4 nitrogen and oxygen atoms in total. The van der Waals surface area contributed by atoms with E-state index in [9.17, 15) is 0 Å². The molecule has 0 aliphatic carbocycles. The van der Waals surface area contributed by atoms with E-state index in [1.165, 1.54) is 0 Å². The zero-order chi connectivity index (χ0) is 13.7. The number of unbranched alkanes of at least 4 members (excludes halogenated alkanes) is 2. The summed E-state index contributed by atoms with van der Waals surface area (Å²) in [5, 5.41) is 31.0. The molecule has 0 aliphatic rings. The fourth-order valence-electron chi connectivity index (χ4n) is 0.316. The Balaban J connectivity index is -0.0000000381. The second-order valence-corrected chi connectivity index (χ2v) is 2.67. The fourth-order valence-corrected chi connectivity index (χ4v) is 0.316. The summed E-state index contributed by atoms with van der Waals surface area (Å²) in [5.74, 6) is 0. The van der Waals surface area contributed by atoms with Crippen molar-refractivity contribution in [1.29, 1.82) is 0 Å². The summed E-state index contributed by atoms with van der Waals surface area (Å²) in [4.78, 5) is 0. The van der Waals surface area contributed by atoms with E-state index in [4.69, 9.17) is 20.4 Å². The summed E-state index contributed by atoms with van der Waals surface area (Å²) in [6.45, 7) is 9.90. The van der Waals surface area contributed by atoms with Gasteiger partial charge in [-0.25, -0.2) is 13.2 Å². The van der Waals surface area contributed by atoms with Crippen molar-refractivity contribution in [2.45, 2.75) is 53.4 Å². The molecular formula is C12H30O4Zr. The van der Waals surface area contributed by atoms with Gasteiger partial charge in [0.05, 0.1) is 0 Å². The minimum Gasteiger partial charge on any atom is -0.566 e. The zero-order valence-corrected chi connectivity index (χ0v) is 14.1. The molecule has 0 amide bonds. The number of hydrogen-bond acceptors (Lipinski definition) is 4. The molecule has 0 aliphatic heterocycles. The molecule has 0 aromatic rings. The van der Waals surface area contributed by atoms with Crippen LogP contribution in [0.5, 0.6) is 0 Å². The van der Waals surface area contributed by atoms with Gasteiger partial charge in [-0.3, -0.25) is 0 Å². The van der Waals surface area contributed by atoms with E-state index >= 15 is 0 Å². The van der Waals surface area contributed by atoms with E-state index in [0.29, 0.717) is 13.2 Å². The molecule has 0 spiro atoms. The molecule has 17 heavy (non-hydrogen) atoms. The Morgan fingerprint density at radius 1 is 0.765 bits per heavy atom. The summed E-state index contributed by atoms with van der Waals surface area (Å²) >= 11 is 0. The summed E-state index contributed by atoms with van der Waals surface area (Å²) in [5.41, 5.74) is 0. The quantitative estimate of drug-likeness (QED) is 0.598. The van der Waals surface area contributed by atoms with Crippen molar-refractivity contribution in [3.63, 3.8) is 0 Å². The van der Waals surface area contributed by atoms with E-state index in [-0.39, 0.29) is 26.2 Å². The van der Waals surface area contributed by atoms with Gasteiger partial charge in [0.2, 0.25) is 0 Å². The molecule has 0 saturated carbocycles. The number of aliphatic hydroxyl groups excluding tert-OH is 4. The first-order valence-corrected chi connectivity index (χ1v) is 5.72. The Morgan fingerprint density at radius 2 is 0.941 bits per heavy atom. The number of hydrogen-bond donors (Lipinski definition) is 4. The predicted octanol–water partition coefficient (Wildman–Crippen LogP) is 2.64. The molecular weight excluding hydrogens is 299 g/mol. The van der Waals surface area contributed by atoms with Gasteiger partial charge < -0.3 is 20.4 Å². The van der Waals surface area contributed by atoms with E-state index in [1.54, 1.807) is 13.8 Å². The zero-order valence-electron chi connectivity index (χ0n) is 11.7.